The third kappa shape index (κ3) is 2.92. The first-order chi connectivity index (χ1) is 10.3. The van der Waals surface area contributed by atoms with Gasteiger partial charge in [0.25, 0.3) is 0 Å². The van der Waals surface area contributed by atoms with Gasteiger partial charge < -0.3 is 4.74 Å². The molecular weight excluding hydrogens is 256 g/mol. The molecule has 0 aromatic heterocycles. The molecule has 0 spiro atoms. The summed E-state index contributed by atoms with van der Waals surface area (Å²) in [4.78, 5) is 0. The van der Waals surface area contributed by atoms with Crippen LogP contribution < -0.4 is 4.74 Å². The number of aryl methyl sites for hydroxylation is 1. The molecule has 1 nitrogen and oxygen atoms in total. The molecule has 1 aromatic rings. The third-order valence-electron chi connectivity index (χ3n) is 5.28. The Morgan fingerprint density at radius 3 is 2.86 bits per heavy atom. The zero-order valence-corrected chi connectivity index (χ0v) is 13.2. The maximum Gasteiger partial charge on any atom is 0.119 e. The average molecular weight is 282 g/mol. The molecule has 3 atom stereocenters. The van der Waals surface area contributed by atoms with Gasteiger partial charge in [0.2, 0.25) is 0 Å². The molecular formula is C20H26O. The molecule has 112 valence electrons. The summed E-state index contributed by atoms with van der Waals surface area (Å²) >= 11 is 0. The highest BCUT2D eigenvalue weighted by Gasteiger charge is 2.36. The van der Waals surface area contributed by atoms with Crippen molar-refractivity contribution >= 4 is 0 Å². The molecule has 0 N–H and O–H groups in total. The van der Waals surface area contributed by atoms with Crippen LogP contribution >= 0.6 is 0 Å². The number of rotatable bonds is 3. The minimum absolute atomic E-state index is 0.734. The number of ether oxygens (including phenoxy) is 1. The molecule has 0 bridgehead atoms. The Balaban J connectivity index is 1.87. The minimum Gasteiger partial charge on any atom is -0.497 e. The quantitative estimate of drug-likeness (QED) is 0.686. The molecule has 0 saturated heterocycles. The maximum atomic E-state index is 5.44. The van der Waals surface area contributed by atoms with Crippen molar-refractivity contribution in [2.75, 3.05) is 7.11 Å². The van der Waals surface area contributed by atoms with Crippen molar-refractivity contribution < 1.29 is 4.74 Å². The van der Waals surface area contributed by atoms with E-state index in [4.69, 9.17) is 4.74 Å². The molecule has 0 heterocycles. The summed E-state index contributed by atoms with van der Waals surface area (Å²) in [5, 5.41) is 0. The second-order valence-electron chi connectivity index (χ2n) is 6.38. The molecule has 1 aromatic carbocycles. The Hall–Kier alpha value is -1.50. The van der Waals surface area contributed by atoms with Crippen LogP contribution in [0.1, 0.15) is 49.7 Å². The third-order valence-corrected chi connectivity index (χ3v) is 5.28. The summed E-state index contributed by atoms with van der Waals surface area (Å²) in [6.45, 7) is 2.08. The molecule has 1 fully saturated rings. The van der Waals surface area contributed by atoms with Crippen LogP contribution in [0.3, 0.4) is 0 Å². The monoisotopic (exact) mass is 282 g/mol. The summed E-state index contributed by atoms with van der Waals surface area (Å²) in [7, 11) is 1.77. The molecule has 0 unspecified atom stereocenters. The van der Waals surface area contributed by atoms with Gasteiger partial charge in [-0.15, -0.1) is 0 Å². The molecule has 3 rings (SSSR count). The average Bonchev–Trinajstić information content (AvgIpc) is 2.54. The summed E-state index contributed by atoms with van der Waals surface area (Å²) in [6, 6.07) is 6.69. The highest BCUT2D eigenvalue weighted by atomic mass is 16.5. The van der Waals surface area contributed by atoms with Crippen LogP contribution in [0.2, 0.25) is 0 Å². The number of benzene rings is 1. The highest BCUT2D eigenvalue weighted by molar-refractivity contribution is 5.40. The SMILES string of the molecule is C/C=C/C=C/[C@@H]1CCC[C@H]2c3cc(OC)ccc3CC[C@H]12. The van der Waals surface area contributed by atoms with E-state index in [2.05, 4.69) is 49.4 Å². The Morgan fingerprint density at radius 2 is 2.05 bits per heavy atom. The van der Waals surface area contributed by atoms with E-state index in [1.165, 1.54) is 32.1 Å². The Bertz CT molecular complexity index is 541. The Morgan fingerprint density at radius 1 is 1.14 bits per heavy atom. The second-order valence-corrected chi connectivity index (χ2v) is 6.38. The second kappa shape index (κ2) is 6.51. The van der Waals surface area contributed by atoms with Gasteiger partial charge in [-0.3, -0.25) is 0 Å². The van der Waals surface area contributed by atoms with Gasteiger partial charge in [0, 0.05) is 0 Å². The molecule has 1 saturated carbocycles. The number of hydrogen-bond acceptors (Lipinski definition) is 1. The van der Waals surface area contributed by atoms with Crippen LogP contribution in [0, 0.1) is 11.8 Å². The van der Waals surface area contributed by atoms with Gasteiger partial charge >= 0.3 is 0 Å². The molecule has 2 aliphatic rings. The standard InChI is InChI=1S/C20H26O/c1-3-4-5-7-15-8-6-9-19-18(15)13-11-16-10-12-17(21-2)14-20(16)19/h3-5,7,10,12,14-15,18-19H,6,8-9,11,13H2,1-2H3/b4-3+,7-5+/t15-,18-,19-/m1/s1. The number of hydrogen-bond donors (Lipinski definition) is 0. The minimum atomic E-state index is 0.734. The Labute approximate surface area is 128 Å². The van der Waals surface area contributed by atoms with Crippen LogP contribution in [-0.2, 0) is 6.42 Å². The lowest BCUT2D eigenvalue weighted by Gasteiger charge is -2.41. The Kier molecular flexibility index (Phi) is 4.48. The van der Waals surface area contributed by atoms with Gasteiger partial charge in [-0.25, -0.2) is 0 Å². The number of fused-ring (bicyclic) bond motifs is 3. The fraction of sp³-hybridized carbons (Fsp3) is 0.500. The van der Waals surface area contributed by atoms with Gasteiger partial charge in [-0.2, -0.15) is 0 Å². The fourth-order valence-electron chi connectivity index (χ4n) is 4.25. The predicted molar refractivity (Wildman–Crippen MR) is 88.8 cm³/mol. The highest BCUT2D eigenvalue weighted by Crippen LogP contribution is 2.48. The lowest BCUT2D eigenvalue weighted by Crippen LogP contribution is -2.30. The first-order valence-corrected chi connectivity index (χ1v) is 8.29. The topological polar surface area (TPSA) is 9.23 Å². The van der Waals surface area contributed by atoms with E-state index in [-0.39, 0.29) is 0 Å². The van der Waals surface area contributed by atoms with Crippen molar-refractivity contribution in [3.8, 4) is 5.75 Å². The predicted octanol–water partition coefficient (Wildman–Crippen LogP) is 5.27. The molecule has 1 heteroatoms. The van der Waals surface area contributed by atoms with E-state index in [1.54, 1.807) is 18.2 Å². The van der Waals surface area contributed by atoms with Crippen molar-refractivity contribution in [3.63, 3.8) is 0 Å². The number of methoxy groups -OCH3 is 1. The van der Waals surface area contributed by atoms with Crippen molar-refractivity contribution in [1.29, 1.82) is 0 Å². The van der Waals surface area contributed by atoms with Gasteiger partial charge in [-0.1, -0.05) is 36.8 Å². The van der Waals surface area contributed by atoms with Gasteiger partial charge in [0.1, 0.15) is 5.75 Å². The molecule has 2 aliphatic carbocycles. The molecule has 0 aliphatic heterocycles. The summed E-state index contributed by atoms with van der Waals surface area (Å²) in [6.07, 6.45) is 15.6. The first kappa shape index (κ1) is 14.4. The van der Waals surface area contributed by atoms with Crippen LogP contribution in [0.15, 0.2) is 42.5 Å². The van der Waals surface area contributed by atoms with E-state index in [0.717, 1.165) is 23.5 Å². The van der Waals surface area contributed by atoms with Crippen LogP contribution in [-0.4, -0.2) is 7.11 Å². The lowest BCUT2D eigenvalue weighted by atomic mass is 9.63. The van der Waals surface area contributed by atoms with Crippen molar-refractivity contribution in [1.82, 2.24) is 0 Å². The summed E-state index contributed by atoms with van der Waals surface area (Å²) in [5.41, 5.74) is 3.12. The maximum absolute atomic E-state index is 5.44. The molecule has 0 amide bonds. The lowest BCUT2D eigenvalue weighted by molar-refractivity contribution is 0.216. The van der Waals surface area contributed by atoms with Crippen molar-refractivity contribution in [2.24, 2.45) is 11.8 Å². The van der Waals surface area contributed by atoms with Gasteiger partial charge in [-0.05, 0) is 73.6 Å². The zero-order chi connectivity index (χ0) is 14.7. The first-order valence-electron chi connectivity index (χ1n) is 8.29. The van der Waals surface area contributed by atoms with E-state index >= 15 is 0 Å². The van der Waals surface area contributed by atoms with Crippen LogP contribution in [0.5, 0.6) is 5.75 Å². The van der Waals surface area contributed by atoms with Crippen molar-refractivity contribution in [3.05, 3.63) is 53.6 Å². The molecule has 0 radical (unpaired) electrons. The van der Waals surface area contributed by atoms with E-state index in [9.17, 15) is 0 Å². The normalized spacial score (nSPS) is 28.6. The van der Waals surface area contributed by atoms with Crippen molar-refractivity contribution in [2.45, 2.75) is 44.9 Å². The summed E-state index contributed by atoms with van der Waals surface area (Å²) < 4.78 is 5.44. The smallest absolute Gasteiger partial charge is 0.119 e. The van der Waals surface area contributed by atoms with Gasteiger partial charge in [0.15, 0.2) is 0 Å². The van der Waals surface area contributed by atoms with Crippen LogP contribution in [0.4, 0.5) is 0 Å². The largest absolute Gasteiger partial charge is 0.497 e. The molecule has 21 heavy (non-hydrogen) atoms. The fourth-order valence-corrected chi connectivity index (χ4v) is 4.25. The van der Waals surface area contributed by atoms with E-state index in [1.807, 2.05) is 0 Å². The van der Waals surface area contributed by atoms with Gasteiger partial charge in [0.05, 0.1) is 7.11 Å². The number of allylic oxidation sites excluding steroid dienone is 4. The zero-order valence-electron chi connectivity index (χ0n) is 13.2. The summed E-state index contributed by atoms with van der Waals surface area (Å²) in [5.74, 6) is 3.32. The van der Waals surface area contributed by atoms with E-state index < -0.39 is 0 Å². The van der Waals surface area contributed by atoms with E-state index in [0.29, 0.717) is 0 Å². The van der Waals surface area contributed by atoms with Crippen LogP contribution in [0.25, 0.3) is 0 Å².